The largest absolute Gasteiger partial charge is 0.376 e. The minimum Gasteiger partial charge on any atom is -0.376 e. The van der Waals surface area contributed by atoms with Crippen LogP contribution in [-0.2, 0) is 19.3 Å². The van der Waals surface area contributed by atoms with Crippen molar-refractivity contribution in [2.75, 3.05) is 26.1 Å². The minimum atomic E-state index is -3.21. The molecule has 102 valence electrons. The molecule has 1 N–H and O–H groups in total. The smallest absolute Gasteiger partial charge is 0.175 e. The summed E-state index contributed by atoms with van der Waals surface area (Å²) in [5, 5.41) is 0. The number of ether oxygens (including phenoxy) is 2. The van der Waals surface area contributed by atoms with Gasteiger partial charge in [-0.2, -0.15) is 0 Å². The number of imidazole rings is 1. The number of nitrogens with one attached hydrogen (secondary N) is 1. The van der Waals surface area contributed by atoms with Crippen molar-refractivity contribution in [2.45, 2.75) is 11.0 Å². The summed E-state index contributed by atoms with van der Waals surface area (Å²) < 4.78 is 33.9. The standard InChI is InChI=1S/C12H14N2O4S/c1-19(15,16)8-2-3-9-10(6-8)14-12(13-9)11-7-17-4-5-18-11/h2-3,6,11H,4-5,7H2,1H3,(H,13,14). The molecule has 1 aromatic heterocycles. The van der Waals surface area contributed by atoms with Crippen LogP contribution in [0.1, 0.15) is 11.9 Å². The van der Waals surface area contributed by atoms with Gasteiger partial charge in [-0.15, -0.1) is 0 Å². The lowest BCUT2D eigenvalue weighted by Crippen LogP contribution is -2.22. The molecule has 7 heteroatoms. The molecule has 0 bridgehead atoms. The molecule has 0 aliphatic carbocycles. The average molecular weight is 282 g/mol. The van der Waals surface area contributed by atoms with E-state index in [-0.39, 0.29) is 11.0 Å². The van der Waals surface area contributed by atoms with E-state index in [1.165, 1.54) is 6.26 Å². The van der Waals surface area contributed by atoms with E-state index in [0.717, 1.165) is 5.52 Å². The van der Waals surface area contributed by atoms with Gasteiger partial charge in [0.2, 0.25) is 0 Å². The molecule has 0 amide bonds. The Morgan fingerprint density at radius 2 is 2.21 bits per heavy atom. The predicted octanol–water partition coefficient (Wildman–Crippen LogP) is 1.05. The molecule has 0 spiro atoms. The predicted molar refractivity (Wildman–Crippen MR) is 68.7 cm³/mol. The highest BCUT2D eigenvalue weighted by atomic mass is 32.2. The Morgan fingerprint density at radius 3 is 2.89 bits per heavy atom. The minimum absolute atomic E-state index is 0.220. The topological polar surface area (TPSA) is 81.3 Å². The highest BCUT2D eigenvalue weighted by molar-refractivity contribution is 7.90. The molecule has 0 radical (unpaired) electrons. The van der Waals surface area contributed by atoms with Gasteiger partial charge in [-0.25, -0.2) is 13.4 Å². The van der Waals surface area contributed by atoms with Crippen LogP contribution in [0.15, 0.2) is 23.1 Å². The molecule has 1 aliphatic rings. The van der Waals surface area contributed by atoms with Gasteiger partial charge in [0.15, 0.2) is 9.84 Å². The van der Waals surface area contributed by atoms with Crippen LogP contribution >= 0.6 is 0 Å². The molecule has 1 aliphatic heterocycles. The fourth-order valence-electron chi connectivity index (χ4n) is 2.04. The summed E-state index contributed by atoms with van der Waals surface area (Å²) >= 11 is 0. The number of fused-ring (bicyclic) bond motifs is 1. The van der Waals surface area contributed by atoms with Gasteiger partial charge in [-0.3, -0.25) is 0 Å². The fourth-order valence-corrected chi connectivity index (χ4v) is 2.68. The van der Waals surface area contributed by atoms with Crippen molar-refractivity contribution in [1.82, 2.24) is 9.97 Å². The number of H-pyrrole nitrogens is 1. The van der Waals surface area contributed by atoms with E-state index in [1.807, 2.05) is 0 Å². The molecule has 2 aromatic rings. The lowest BCUT2D eigenvalue weighted by atomic mass is 10.3. The number of hydrogen-bond acceptors (Lipinski definition) is 5. The Balaban J connectivity index is 2.01. The monoisotopic (exact) mass is 282 g/mol. The zero-order valence-corrected chi connectivity index (χ0v) is 11.2. The summed E-state index contributed by atoms with van der Waals surface area (Å²) in [5.41, 5.74) is 1.41. The van der Waals surface area contributed by atoms with Crippen molar-refractivity contribution in [3.05, 3.63) is 24.0 Å². The van der Waals surface area contributed by atoms with Crippen LogP contribution in [0.5, 0.6) is 0 Å². The SMILES string of the molecule is CS(=O)(=O)c1ccc2nc(C3COCCO3)[nH]c2c1. The highest BCUT2D eigenvalue weighted by Gasteiger charge is 2.20. The second kappa shape index (κ2) is 4.59. The zero-order valence-electron chi connectivity index (χ0n) is 10.4. The number of hydrogen-bond donors (Lipinski definition) is 1. The van der Waals surface area contributed by atoms with Crippen LogP contribution in [-0.4, -0.2) is 44.5 Å². The Bertz CT molecular complexity index is 702. The molecule has 0 saturated carbocycles. The first-order valence-corrected chi connectivity index (χ1v) is 7.82. The first-order valence-electron chi connectivity index (χ1n) is 5.93. The number of aromatic amines is 1. The van der Waals surface area contributed by atoms with E-state index in [4.69, 9.17) is 9.47 Å². The lowest BCUT2D eigenvalue weighted by molar-refractivity contribution is -0.0931. The van der Waals surface area contributed by atoms with E-state index in [9.17, 15) is 8.42 Å². The number of sulfone groups is 1. The molecule has 1 atom stereocenters. The van der Waals surface area contributed by atoms with Crippen LogP contribution in [0, 0.1) is 0 Å². The van der Waals surface area contributed by atoms with E-state index in [0.29, 0.717) is 31.2 Å². The Labute approximate surface area is 110 Å². The highest BCUT2D eigenvalue weighted by Crippen LogP contribution is 2.23. The number of benzene rings is 1. The second-order valence-corrected chi connectivity index (χ2v) is 6.52. The van der Waals surface area contributed by atoms with E-state index in [1.54, 1.807) is 18.2 Å². The van der Waals surface area contributed by atoms with Crippen molar-refractivity contribution < 1.29 is 17.9 Å². The summed E-state index contributed by atoms with van der Waals surface area (Å²) in [4.78, 5) is 7.78. The van der Waals surface area contributed by atoms with Gasteiger partial charge in [0.25, 0.3) is 0 Å². The first-order chi connectivity index (χ1) is 9.04. The number of aromatic nitrogens is 2. The summed E-state index contributed by atoms with van der Waals surface area (Å²) in [6, 6.07) is 4.83. The number of rotatable bonds is 2. The molecule has 1 aromatic carbocycles. The van der Waals surface area contributed by atoms with Gasteiger partial charge in [-0.05, 0) is 18.2 Å². The lowest BCUT2D eigenvalue weighted by Gasteiger charge is -2.20. The Hall–Kier alpha value is -1.44. The van der Waals surface area contributed by atoms with Crippen LogP contribution in [0.25, 0.3) is 11.0 Å². The third-order valence-corrected chi connectivity index (χ3v) is 4.13. The average Bonchev–Trinajstić information content (AvgIpc) is 2.81. The van der Waals surface area contributed by atoms with Gasteiger partial charge >= 0.3 is 0 Å². The molecule has 1 saturated heterocycles. The fraction of sp³-hybridized carbons (Fsp3) is 0.417. The van der Waals surface area contributed by atoms with Gasteiger partial charge < -0.3 is 14.5 Å². The van der Waals surface area contributed by atoms with E-state index >= 15 is 0 Å². The maximum absolute atomic E-state index is 11.5. The number of nitrogens with zero attached hydrogens (tertiary/aromatic N) is 1. The van der Waals surface area contributed by atoms with Gasteiger partial charge in [0, 0.05) is 6.26 Å². The van der Waals surface area contributed by atoms with Crippen molar-refractivity contribution in [1.29, 1.82) is 0 Å². The molecule has 3 rings (SSSR count). The van der Waals surface area contributed by atoms with Crippen molar-refractivity contribution >= 4 is 20.9 Å². The molecule has 2 heterocycles. The summed E-state index contributed by atoms with van der Waals surface area (Å²) in [6.07, 6.45) is 0.964. The third kappa shape index (κ3) is 2.49. The van der Waals surface area contributed by atoms with Gasteiger partial charge in [0.1, 0.15) is 11.9 Å². The normalized spacial score (nSPS) is 20.8. The molecule has 1 fully saturated rings. The van der Waals surface area contributed by atoms with Crippen molar-refractivity contribution in [3.8, 4) is 0 Å². The van der Waals surface area contributed by atoms with E-state index < -0.39 is 9.84 Å². The first kappa shape index (κ1) is 12.6. The van der Waals surface area contributed by atoms with Crippen LogP contribution in [0.2, 0.25) is 0 Å². The van der Waals surface area contributed by atoms with Crippen LogP contribution in [0.3, 0.4) is 0 Å². The molecule has 19 heavy (non-hydrogen) atoms. The van der Waals surface area contributed by atoms with Crippen molar-refractivity contribution in [2.24, 2.45) is 0 Å². The zero-order chi connectivity index (χ0) is 13.5. The van der Waals surface area contributed by atoms with Gasteiger partial charge in [-0.1, -0.05) is 0 Å². The van der Waals surface area contributed by atoms with Crippen molar-refractivity contribution in [3.63, 3.8) is 0 Å². The Kier molecular flexibility index (Phi) is 3.04. The molecule has 6 nitrogen and oxygen atoms in total. The van der Waals surface area contributed by atoms with Gasteiger partial charge in [0.05, 0.1) is 35.7 Å². The second-order valence-electron chi connectivity index (χ2n) is 4.51. The molecular weight excluding hydrogens is 268 g/mol. The third-order valence-electron chi connectivity index (χ3n) is 3.02. The maximum Gasteiger partial charge on any atom is 0.175 e. The summed E-state index contributed by atoms with van der Waals surface area (Å²) in [5.74, 6) is 0.667. The van der Waals surface area contributed by atoms with Crippen LogP contribution < -0.4 is 0 Å². The van der Waals surface area contributed by atoms with E-state index in [2.05, 4.69) is 9.97 Å². The Morgan fingerprint density at radius 1 is 1.37 bits per heavy atom. The maximum atomic E-state index is 11.5. The molecular formula is C12H14N2O4S. The summed E-state index contributed by atoms with van der Waals surface area (Å²) in [7, 11) is -3.21. The quantitative estimate of drug-likeness (QED) is 0.890. The molecule has 1 unspecified atom stereocenters. The summed E-state index contributed by atoms with van der Waals surface area (Å²) in [6.45, 7) is 1.59. The van der Waals surface area contributed by atoms with Crippen LogP contribution in [0.4, 0.5) is 0 Å².